The zero-order valence-electron chi connectivity index (χ0n) is 9.33. The predicted octanol–water partition coefficient (Wildman–Crippen LogP) is -1.40. The van der Waals surface area contributed by atoms with Crippen molar-refractivity contribution in [2.75, 3.05) is 32.8 Å². The highest BCUT2D eigenvalue weighted by molar-refractivity contribution is 6.35. The highest BCUT2D eigenvalue weighted by Crippen LogP contribution is 2.12. The van der Waals surface area contributed by atoms with Crippen molar-refractivity contribution < 1.29 is 14.3 Å². The molecule has 4 N–H and O–H groups in total. The van der Waals surface area contributed by atoms with Crippen molar-refractivity contribution in [3.05, 3.63) is 0 Å². The van der Waals surface area contributed by atoms with Gasteiger partial charge in [0.25, 0.3) is 0 Å². The Morgan fingerprint density at radius 3 is 2.44 bits per heavy atom. The summed E-state index contributed by atoms with van der Waals surface area (Å²) in [6, 6.07) is 0. The molecule has 0 unspecified atom stereocenters. The van der Waals surface area contributed by atoms with E-state index in [2.05, 4.69) is 10.6 Å². The van der Waals surface area contributed by atoms with E-state index in [0.29, 0.717) is 25.6 Å². The third-order valence-electron chi connectivity index (χ3n) is 2.53. The molecule has 0 spiro atoms. The van der Waals surface area contributed by atoms with Gasteiger partial charge in [-0.2, -0.15) is 0 Å². The second kappa shape index (κ2) is 7.19. The number of hydrogen-bond acceptors (Lipinski definition) is 4. The first-order valence-corrected chi connectivity index (χ1v) is 5.58. The summed E-state index contributed by atoms with van der Waals surface area (Å²) in [7, 11) is 0. The summed E-state index contributed by atoms with van der Waals surface area (Å²) < 4.78 is 5.20. The highest BCUT2D eigenvalue weighted by Gasteiger charge is 2.17. The molecule has 0 atom stereocenters. The zero-order valence-corrected chi connectivity index (χ0v) is 9.33. The van der Waals surface area contributed by atoms with E-state index in [0.717, 1.165) is 26.1 Å². The van der Waals surface area contributed by atoms with E-state index in [4.69, 9.17) is 10.5 Å². The van der Waals surface area contributed by atoms with Crippen molar-refractivity contribution in [1.82, 2.24) is 10.6 Å². The average molecular weight is 229 g/mol. The van der Waals surface area contributed by atoms with Crippen molar-refractivity contribution in [2.45, 2.75) is 12.8 Å². The van der Waals surface area contributed by atoms with Crippen LogP contribution < -0.4 is 16.4 Å². The zero-order chi connectivity index (χ0) is 11.8. The van der Waals surface area contributed by atoms with Gasteiger partial charge in [0.1, 0.15) is 0 Å². The maximum Gasteiger partial charge on any atom is 0.309 e. The van der Waals surface area contributed by atoms with Gasteiger partial charge < -0.3 is 21.1 Å². The number of nitrogens with two attached hydrogens (primary N) is 1. The van der Waals surface area contributed by atoms with Gasteiger partial charge in [0.05, 0.1) is 0 Å². The van der Waals surface area contributed by atoms with Crippen molar-refractivity contribution >= 4 is 11.8 Å². The first-order chi connectivity index (χ1) is 7.74. The Kier molecular flexibility index (Phi) is 5.81. The Morgan fingerprint density at radius 1 is 1.19 bits per heavy atom. The lowest BCUT2D eigenvalue weighted by molar-refractivity contribution is -0.139. The average Bonchev–Trinajstić information content (AvgIpc) is 2.34. The van der Waals surface area contributed by atoms with E-state index < -0.39 is 11.8 Å². The summed E-state index contributed by atoms with van der Waals surface area (Å²) in [6.07, 6.45) is 1.87. The number of amides is 2. The normalized spacial score (nSPS) is 16.8. The molecule has 92 valence electrons. The molecule has 1 saturated heterocycles. The maximum atomic E-state index is 11.3. The molecule has 1 aliphatic rings. The monoisotopic (exact) mass is 229 g/mol. The quantitative estimate of drug-likeness (QED) is 0.517. The predicted molar refractivity (Wildman–Crippen MR) is 58.6 cm³/mol. The van der Waals surface area contributed by atoms with Crippen molar-refractivity contribution in [2.24, 2.45) is 11.7 Å². The molecule has 1 rings (SSSR count). The second-order valence-corrected chi connectivity index (χ2v) is 3.81. The molecule has 0 bridgehead atoms. The van der Waals surface area contributed by atoms with E-state index in [9.17, 15) is 9.59 Å². The number of hydrogen-bond donors (Lipinski definition) is 3. The van der Waals surface area contributed by atoms with Gasteiger partial charge in [-0.05, 0) is 18.8 Å². The number of rotatable bonds is 4. The van der Waals surface area contributed by atoms with E-state index in [1.54, 1.807) is 0 Å². The van der Waals surface area contributed by atoms with Crippen LogP contribution >= 0.6 is 0 Å². The summed E-state index contributed by atoms with van der Waals surface area (Å²) in [5, 5.41) is 5.03. The van der Waals surface area contributed by atoms with Crippen LogP contribution in [0, 0.1) is 5.92 Å². The number of nitrogens with one attached hydrogen (secondary N) is 2. The molecular weight excluding hydrogens is 210 g/mol. The fourth-order valence-corrected chi connectivity index (χ4v) is 1.53. The summed E-state index contributed by atoms with van der Waals surface area (Å²) in [5.74, 6) is -0.780. The first-order valence-electron chi connectivity index (χ1n) is 5.58. The Balaban J connectivity index is 2.15. The minimum Gasteiger partial charge on any atom is -0.381 e. The summed E-state index contributed by atoms with van der Waals surface area (Å²) >= 11 is 0. The van der Waals surface area contributed by atoms with Gasteiger partial charge in [0, 0.05) is 32.8 Å². The highest BCUT2D eigenvalue weighted by atomic mass is 16.5. The molecule has 0 aromatic rings. The van der Waals surface area contributed by atoms with Crippen molar-refractivity contribution in [3.8, 4) is 0 Å². The van der Waals surface area contributed by atoms with Crippen LogP contribution in [-0.4, -0.2) is 44.7 Å². The Labute approximate surface area is 94.9 Å². The van der Waals surface area contributed by atoms with Crippen LogP contribution in [0.2, 0.25) is 0 Å². The molecule has 16 heavy (non-hydrogen) atoms. The van der Waals surface area contributed by atoms with Gasteiger partial charge >= 0.3 is 11.8 Å². The molecule has 1 heterocycles. The molecule has 2 amide bonds. The lowest BCUT2D eigenvalue weighted by Crippen LogP contribution is -2.43. The molecule has 0 aliphatic carbocycles. The fourth-order valence-electron chi connectivity index (χ4n) is 1.53. The maximum absolute atomic E-state index is 11.3. The molecule has 0 aromatic heterocycles. The van der Waals surface area contributed by atoms with Gasteiger partial charge in [0.15, 0.2) is 0 Å². The SMILES string of the molecule is NCCNC(=O)C(=O)NCC1CCOCC1. The fraction of sp³-hybridized carbons (Fsp3) is 0.800. The largest absolute Gasteiger partial charge is 0.381 e. The molecule has 6 nitrogen and oxygen atoms in total. The first kappa shape index (κ1) is 12.9. The number of ether oxygens (including phenoxy) is 1. The van der Waals surface area contributed by atoms with Crippen LogP contribution in [0.5, 0.6) is 0 Å². The molecule has 1 fully saturated rings. The summed E-state index contributed by atoms with van der Waals surface area (Å²) in [4.78, 5) is 22.5. The molecule has 0 radical (unpaired) electrons. The lowest BCUT2D eigenvalue weighted by Gasteiger charge is -2.21. The Morgan fingerprint density at radius 2 is 1.81 bits per heavy atom. The Bertz CT molecular complexity index is 239. The summed E-state index contributed by atoms with van der Waals surface area (Å²) in [5.41, 5.74) is 5.21. The van der Waals surface area contributed by atoms with Crippen LogP contribution in [0.3, 0.4) is 0 Å². The summed E-state index contributed by atoms with van der Waals surface area (Å²) in [6.45, 7) is 2.67. The van der Waals surface area contributed by atoms with Crippen LogP contribution in [0.4, 0.5) is 0 Å². The van der Waals surface area contributed by atoms with E-state index in [1.165, 1.54) is 0 Å². The topological polar surface area (TPSA) is 93.5 Å². The van der Waals surface area contributed by atoms with Gasteiger partial charge in [0.2, 0.25) is 0 Å². The van der Waals surface area contributed by atoms with Crippen molar-refractivity contribution in [3.63, 3.8) is 0 Å². The minimum atomic E-state index is -0.613. The van der Waals surface area contributed by atoms with Crippen LogP contribution in [0.15, 0.2) is 0 Å². The molecule has 0 saturated carbocycles. The van der Waals surface area contributed by atoms with Crippen LogP contribution in [0.1, 0.15) is 12.8 Å². The van der Waals surface area contributed by atoms with Crippen molar-refractivity contribution in [1.29, 1.82) is 0 Å². The molecule has 6 heteroatoms. The molecular formula is C10H19N3O3. The van der Waals surface area contributed by atoms with E-state index in [-0.39, 0.29) is 0 Å². The third kappa shape index (κ3) is 4.59. The number of carbonyl (C=O) groups excluding carboxylic acids is 2. The van der Waals surface area contributed by atoms with Crippen LogP contribution in [-0.2, 0) is 14.3 Å². The molecule has 1 aliphatic heterocycles. The standard InChI is InChI=1S/C10H19N3O3/c11-3-4-12-9(14)10(15)13-7-8-1-5-16-6-2-8/h8H,1-7,11H2,(H,12,14)(H,13,15). The lowest BCUT2D eigenvalue weighted by atomic mass is 10.0. The van der Waals surface area contributed by atoms with Gasteiger partial charge in [-0.15, -0.1) is 0 Å². The van der Waals surface area contributed by atoms with E-state index >= 15 is 0 Å². The third-order valence-corrected chi connectivity index (χ3v) is 2.53. The molecule has 0 aromatic carbocycles. The Hall–Kier alpha value is -1.14. The minimum absolute atomic E-state index is 0.323. The number of carbonyl (C=O) groups is 2. The van der Waals surface area contributed by atoms with Crippen LogP contribution in [0.25, 0.3) is 0 Å². The van der Waals surface area contributed by atoms with E-state index in [1.807, 2.05) is 0 Å². The van der Waals surface area contributed by atoms with Gasteiger partial charge in [-0.3, -0.25) is 9.59 Å². The smallest absolute Gasteiger partial charge is 0.309 e. The second-order valence-electron chi connectivity index (χ2n) is 3.81. The van der Waals surface area contributed by atoms with Gasteiger partial charge in [-0.25, -0.2) is 0 Å². The van der Waals surface area contributed by atoms with Gasteiger partial charge in [-0.1, -0.05) is 0 Å².